The van der Waals surface area contributed by atoms with Gasteiger partial charge in [0.2, 0.25) is 11.8 Å². The summed E-state index contributed by atoms with van der Waals surface area (Å²) in [4.78, 5) is 27.7. The monoisotopic (exact) mass is 303 g/mol. The van der Waals surface area contributed by atoms with Crippen LogP contribution >= 0.6 is 0 Å². The van der Waals surface area contributed by atoms with Crippen molar-refractivity contribution in [2.75, 3.05) is 0 Å². The fourth-order valence-corrected chi connectivity index (χ4v) is 5.03. The fourth-order valence-electron chi connectivity index (χ4n) is 5.03. The third kappa shape index (κ3) is 2.08. The molecule has 3 nitrogen and oxygen atoms in total. The summed E-state index contributed by atoms with van der Waals surface area (Å²) in [5.74, 6) is 1.31. The molecule has 0 N–H and O–H groups in total. The van der Waals surface area contributed by atoms with Gasteiger partial charge in [-0.25, -0.2) is 0 Å². The molecule has 3 aliphatic rings. The summed E-state index contributed by atoms with van der Waals surface area (Å²) in [5.41, 5.74) is -0.311. The zero-order valence-corrected chi connectivity index (χ0v) is 14.3. The maximum Gasteiger partial charge on any atom is 0.234 e. The molecule has 0 radical (unpaired) electrons. The van der Waals surface area contributed by atoms with E-state index in [-0.39, 0.29) is 29.2 Å². The molecule has 1 saturated heterocycles. The molecule has 122 valence electrons. The summed E-state index contributed by atoms with van der Waals surface area (Å²) < 4.78 is 0. The molecule has 1 heterocycles. The van der Waals surface area contributed by atoms with E-state index in [1.807, 2.05) is 0 Å². The topological polar surface area (TPSA) is 37.4 Å². The highest BCUT2D eigenvalue weighted by atomic mass is 16.2. The predicted octanol–water partition coefficient (Wildman–Crippen LogP) is 3.79. The molecule has 3 heteroatoms. The van der Waals surface area contributed by atoms with Crippen molar-refractivity contribution in [1.29, 1.82) is 0 Å². The van der Waals surface area contributed by atoms with Crippen molar-refractivity contribution in [2.24, 2.45) is 29.6 Å². The van der Waals surface area contributed by atoms with Crippen LogP contribution in [0.3, 0.4) is 0 Å². The van der Waals surface area contributed by atoms with E-state index in [2.05, 4.69) is 39.8 Å². The molecule has 1 saturated carbocycles. The number of amides is 2. The normalized spacial score (nSPS) is 35.6. The second-order valence-electron chi connectivity index (χ2n) is 7.75. The number of hydrogen-bond donors (Lipinski definition) is 0. The molecule has 2 amide bonds. The van der Waals surface area contributed by atoms with Gasteiger partial charge in [0, 0.05) is 5.54 Å². The van der Waals surface area contributed by atoms with E-state index in [0.29, 0.717) is 17.8 Å². The smallest absolute Gasteiger partial charge is 0.234 e. The molecule has 22 heavy (non-hydrogen) atoms. The van der Waals surface area contributed by atoms with Crippen molar-refractivity contribution < 1.29 is 9.59 Å². The zero-order valence-electron chi connectivity index (χ0n) is 14.3. The van der Waals surface area contributed by atoms with Crippen LogP contribution in [0, 0.1) is 29.6 Å². The number of allylic oxidation sites excluding steroid dienone is 2. The Kier molecular flexibility index (Phi) is 3.94. The van der Waals surface area contributed by atoms with Gasteiger partial charge in [0.05, 0.1) is 11.8 Å². The number of imide groups is 1. The maximum absolute atomic E-state index is 13.0. The molecular weight excluding hydrogens is 274 g/mol. The molecular formula is C19H29NO2. The van der Waals surface area contributed by atoms with Crippen LogP contribution in [0.1, 0.15) is 59.8 Å². The van der Waals surface area contributed by atoms with E-state index in [4.69, 9.17) is 0 Å². The zero-order chi connectivity index (χ0) is 16.1. The molecule has 5 atom stereocenters. The average molecular weight is 303 g/mol. The van der Waals surface area contributed by atoms with Gasteiger partial charge in [-0.1, -0.05) is 45.8 Å². The number of hydrogen-bond acceptors (Lipinski definition) is 2. The van der Waals surface area contributed by atoms with Crippen LogP contribution in [0.25, 0.3) is 0 Å². The summed E-state index contributed by atoms with van der Waals surface area (Å²) in [6, 6.07) is 0. The minimum absolute atomic E-state index is 0.0601. The number of rotatable bonds is 6. The lowest BCUT2D eigenvalue weighted by molar-refractivity contribution is -0.148. The van der Waals surface area contributed by atoms with Gasteiger partial charge in [0.25, 0.3) is 0 Å². The van der Waals surface area contributed by atoms with E-state index in [9.17, 15) is 9.59 Å². The number of fused-ring (bicyclic) bond motifs is 5. The average Bonchev–Trinajstić information content (AvgIpc) is 3.19. The van der Waals surface area contributed by atoms with Crippen LogP contribution in [-0.4, -0.2) is 22.3 Å². The molecule has 0 aromatic heterocycles. The second-order valence-corrected chi connectivity index (χ2v) is 7.75. The number of nitrogens with zero attached hydrogens (tertiary/aromatic N) is 1. The summed E-state index contributed by atoms with van der Waals surface area (Å²) in [6.45, 7) is 8.65. The highest BCUT2D eigenvalue weighted by Crippen LogP contribution is 2.54. The summed E-state index contributed by atoms with van der Waals surface area (Å²) in [6.07, 6.45) is 9.37. The third-order valence-electron chi connectivity index (χ3n) is 6.65. The Bertz CT molecular complexity index is 478. The Balaban J connectivity index is 1.87. The summed E-state index contributed by atoms with van der Waals surface area (Å²) in [5, 5.41) is 0. The SMILES string of the molecule is CCC(CC)CC(C)(CC)N1C(=O)C2C3C=CC(C3)C2C1=O. The minimum Gasteiger partial charge on any atom is -0.276 e. The van der Waals surface area contributed by atoms with Gasteiger partial charge in [-0.2, -0.15) is 0 Å². The van der Waals surface area contributed by atoms with Gasteiger partial charge in [-0.15, -0.1) is 0 Å². The predicted molar refractivity (Wildman–Crippen MR) is 87.0 cm³/mol. The Labute approximate surface area is 134 Å². The Morgan fingerprint density at radius 3 is 2.00 bits per heavy atom. The summed E-state index contributed by atoms with van der Waals surface area (Å²) in [7, 11) is 0. The summed E-state index contributed by atoms with van der Waals surface area (Å²) >= 11 is 0. The van der Waals surface area contributed by atoms with Crippen molar-refractivity contribution in [3.05, 3.63) is 12.2 Å². The second kappa shape index (κ2) is 5.50. The van der Waals surface area contributed by atoms with E-state index >= 15 is 0 Å². The van der Waals surface area contributed by atoms with Crippen LogP contribution in [0.5, 0.6) is 0 Å². The first-order valence-corrected chi connectivity index (χ1v) is 9.03. The maximum atomic E-state index is 13.0. The quantitative estimate of drug-likeness (QED) is 0.553. The lowest BCUT2D eigenvalue weighted by Crippen LogP contribution is -2.51. The Morgan fingerprint density at radius 2 is 1.59 bits per heavy atom. The van der Waals surface area contributed by atoms with Crippen molar-refractivity contribution in [1.82, 2.24) is 4.90 Å². The molecule has 0 aromatic rings. The van der Waals surface area contributed by atoms with Crippen LogP contribution in [0.15, 0.2) is 12.2 Å². The van der Waals surface area contributed by atoms with E-state index in [0.717, 1.165) is 32.1 Å². The first-order valence-electron chi connectivity index (χ1n) is 9.03. The minimum atomic E-state index is -0.311. The van der Waals surface area contributed by atoms with Crippen molar-refractivity contribution in [2.45, 2.75) is 65.3 Å². The molecule has 0 spiro atoms. The Morgan fingerprint density at radius 1 is 1.09 bits per heavy atom. The highest BCUT2D eigenvalue weighted by Gasteiger charge is 2.62. The van der Waals surface area contributed by atoms with Gasteiger partial charge in [-0.05, 0) is 43.9 Å². The van der Waals surface area contributed by atoms with Crippen LogP contribution in [-0.2, 0) is 9.59 Å². The standard InChI is InChI=1S/C19H29NO2/c1-5-12(6-2)11-19(4,7-3)20-17(21)15-13-8-9-14(10-13)16(15)18(20)22/h8-9,12-16H,5-7,10-11H2,1-4H3. The van der Waals surface area contributed by atoms with E-state index in [1.165, 1.54) is 0 Å². The molecule has 5 unspecified atom stereocenters. The first kappa shape index (κ1) is 15.8. The lowest BCUT2D eigenvalue weighted by atomic mass is 9.82. The third-order valence-corrected chi connectivity index (χ3v) is 6.65. The highest BCUT2D eigenvalue weighted by molar-refractivity contribution is 6.07. The molecule has 3 rings (SSSR count). The van der Waals surface area contributed by atoms with Crippen LogP contribution in [0.4, 0.5) is 0 Å². The van der Waals surface area contributed by atoms with Crippen molar-refractivity contribution in [3.8, 4) is 0 Å². The molecule has 1 aliphatic heterocycles. The van der Waals surface area contributed by atoms with Crippen molar-refractivity contribution >= 4 is 11.8 Å². The van der Waals surface area contributed by atoms with Gasteiger partial charge in [-0.3, -0.25) is 14.5 Å². The number of carbonyl (C=O) groups is 2. The van der Waals surface area contributed by atoms with Gasteiger partial charge >= 0.3 is 0 Å². The van der Waals surface area contributed by atoms with Crippen LogP contribution < -0.4 is 0 Å². The fraction of sp³-hybridized carbons (Fsp3) is 0.789. The van der Waals surface area contributed by atoms with Crippen molar-refractivity contribution in [3.63, 3.8) is 0 Å². The number of likely N-dealkylation sites (tertiary alicyclic amines) is 1. The largest absolute Gasteiger partial charge is 0.276 e. The molecule has 2 fully saturated rings. The molecule has 2 aliphatic carbocycles. The molecule has 2 bridgehead atoms. The van der Waals surface area contributed by atoms with E-state index in [1.54, 1.807) is 4.90 Å². The Hall–Kier alpha value is -1.12. The van der Waals surface area contributed by atoms with Gasteiger partial charge < -0.3 is 0 Å². The number of carbonyl (C=O) groups excluding carboxylic acids is 2. The lowest BCUT2D eigenvalue weighted by Gasteiger charge is -2.40. The van der Waals surface area contributed by atoms with Gasteiger partial charge in [0.15, 0.2) is 0 Å². The van der Waals surface area contributed by atoms with Crippen LogP contribution in [0.2, 0.25) is 0 Å². The van der Waals surface area contributed by atoms with Gasteiger partial charge in [0.1, 0.15) is 0 Å². The van der Waals surface area contributed by atoms with E-state index < -0.39 is 0 Å². The molecule has 0 aromatic carbocycles. The first-order chi connectivity index (χ1) is 10.5.